The van der Waals surface area contributed by atoms with E-state index in [4.69, 9.17) is 28.4 Å². The molecule has 0 aliphatic carbocycles. The number of benzene rings is 1. The maximum absolute atomic E-state index is 6.03. The average molecular weight is 334 g/mol. The Morgan fingerprint density at radius 3 is 2.79 bits per heavy atom. The molecule has 0 amide bonds. The highest BCUT2D eigenvalue weighted by Gasteiger charge is 2.57. The molecule has 3 aliphatic heterocycles. The van der Waals surface area contributed by atoms with Crippen LogP contribution in [0.4, 0.5) is 0 Å². The summed E-state index contributed by atoms with van der Waals surface area (Å²) in [6, 6.07) is 7.79. The number of methoxy groups -OCH3 is 1. The van der Waals surface area contributed by atoms with E-state index in [0.717, 1.165) is 11.3 Å². The maximum atomic E-state index is 6.03. The molecule has 0 spiro atoms. The van der Waals surface area contributed by atoms with Crippen LogP contribution in [0.15, 0.2) is 30.3 Å². The normalized spacial score (nSPS) is 37.4. The van der Waals surface area contributed by atoms with Crippen molar-refractivity contribution in [2.24, 2.45) is 0 Å². The molecule has 6 nitrogen and oxygen atoms in total. The molecule has 0 unspecified atom stereocenters. The van der Waals surface area contributed by atoms with Crippen molar-refractivity contribution in [3.63, 3.8) is 0 Å². The van der Waals surface area contributed by atoms with E-state index in [2.05, 4.69) is 0 Å². The molecule has 3 aliphatic rings. The third-order valence-corrected chi connectivity index (χ3v) is 4.38. The van der Waals surface area contributed by atoms with Gasteiger partial charge in [0.2, 0.25) is 0 Å². The minimum atomic E-state index is -0.648. The van der Waals surface area contributed by atoms with Gasteiger partial charge in [0.05, 0.1) is 13.7 Å². The second kappa shape index (κ2) is 6.13. The number of hydrogen-bond acceptors (Lipinski definition) is 6. The fourth-order valence-corrected chi connectivity index (χ4v) is 3.32. The molecular formula is C18H22O6. The van der Waals surface area contributed by atoms with Crippen molar-refractivity contribution >= 4 is 6.08 Å². The summed E-state index contributed by atoms with van der Waals surface area (Å²) in [4.78, 5) is 0. The van der Waals surface area contributed by atoms with Gasteiger partial charge in [0.1, 0.15) is 24.1 Å². The third kappa shape index (κ3) is 2.96. The first-order valence-electron chi connectivity index (χ1n) is 8.15. The molecule has 3 saturated heterocycles. The third-order valence-electron chi connectivity index (χ3n) is 4.38. The zero-order valence-corrected chi connectivity index (χ0v) is 14.0. The number of hydrogen-bond donors (Lipinski definition) is 0. The molecule has 3 fully saturated rings. The molecule has 0 saturated carbocycles. The van der Waals surface area contributed by atoms with E-state index >= 15 is 0 Å². The van der Waals surface area contributed by atoms with E-state index in [1.807, 2.05) is 50.3 Å². The van der Waals surface area contributed by atoms with Crippen LogP contribution in [0.2, 0.25) is 0 Å². The summed E-state index contributed by atoms with van der Waals surface area (Å²) in [6.07, 6.45) is 2.39. The minimum absolute atomic E-state index is 0.160. The second-order valence-electron chi connectivity index (χ2n) is 6.55. The molecule has 1 aromatic rings. The Morgan fingerprint density at radius 1 is 1.12 bits per heavy atom. The van der Waals surface area contributed by atoms with Crippen molar-refractivity contribution in [2.45, 2.75) is 50.5 Å². The Labute approximate surface area is 141 Å². The average Bonchev–Trinajstić information content (AvgIpc) is 3.04. The molecule has 0 N–H and O–H groups in total. The summed E-state index contributed by atoms with van der Waals surface area (Å²) in [6.45, 7) is 4.20. The molecule has 0 bridgehead atoms. The van der Waals surface area contributed by atoms with E-state index in [0.29, 0.717) is 6.61 Å². The Hall–Kier alpha value is -1.44. The first-order valence-corrected chi connectivity index (χ1v) is 8.15. The number of rotatable bonds is 3. The number of ether oxygens (including phenoxy) is 6. The maximum Gasteiger partial charge on any atom is 0.190 e. The lowest BCUT2D eigenvalue weighted by Gasteiger charge is -2.33. The summed E-state index contributed by atoms with van der Waals surface area (Å²) in [7, 11) is 1.65. The van der Waals surface area contributed by atoms with Crippen LogP contribution < -0.4 is 4.74 Å². The van der Waals surface area contributed by atoms with E-state index in [1.165, 1.54) is 0 Å². The lowest BCUT2D eigenvalue weighted by Crippen LogP contribution is -2.46. The van der Waals surface area contributed by atoms with Gasteiger partial charge in [-0.1, -0.05) is 24.3 Å². The Balaban J connectivity index is 1.45. The van der Waals surface area contributed by atoms with Crippen LogP contribution in [0, 0.1) is 0 Å². The van der Waals surface area contributed by atoms with E-state index in [-0.39, 0.29) is 18.3 Å². The fourth-order valence-electron chi connectivity index (χ4n) is 3.32. The van der Waals surface area contributed by atoms with E-state index in [9.17, 15) is 0 Å². The van der Waals surface area contributed by atoms with Gasteiger partial charge < -0.3 is 28.4 Å². The largest absolute Gasteiger partial charge is 0.496 e. The summed E-state index contributed by atoms with van der Waals surface area (Å²) in [5, 5.41) is 0. The van der Waals surface area contributed by atoms with Crippen LogP contribution in [0.1, 0.15) is 19.4 Å². The van der Waals surface area contributed by atoms with Crippen molar-refractivity contribution in [3.05, 3.63) is 35.9 Å². The molecule has 1 aromatic carbocycles. The summed E-state index contributed by atoms with van der Waals surface area (Å²) >= 11 is 0. The predicted molar refractivity (Wildman–Crippen MR) is 85.3 cm³/mol. The van der Waals surface area contributed by atoms with Gasteiger partial charge in [-0.05, 0) is 26.0 Å². The molecule has 0 radical (unpaired) electrons. The van der Waals surface area contributed by atoms with Gasteiger partial charge in [-0.25, -0.2) is 0 Å². The van der Waals surface area contributed by atoms with Gasteiger partial charge in [-0.15, -0.1) is 0 Å². The summed E-state index contributed by atoms with van der Waals surface area (Å²) < 4.78 is 34.6. The van der Waals surface area contributed by atoms with Crippen LogP contribution in [0.3, 0.4) is 0 Å². The van der Waals surface area contributed by atoms with Gasteiger partial charge in [0.15, 0.2) is 18.4 Å². The molecule has 24 heavy (non-hydrogen) atoms. The first-order chi connectivity index (χ1) is 11.6. The topological polar surface area (TPSA) is 55.4 Å². The van der Waals surface area contributed by atoms with Crippen molar-refractivity contribution in [2.75, 3.05) is 13.7 Å². The lowest BCUT2D eigenvalue weighted by molar-refractivity contribution is -0.270. The zero-order chi connectivity index (χ0) is 16.7. The summed E-state index contributed by atoms with van der Waals surface area (Å²) in [5.74, 6) is 0.158. The molecule has 3 heterocycles. The van der Waals surface area contributed by atoms with Gasteiger partial charge in [-0.2, -0.15) is 0 Å². The Kier molecular flexibility index (Phi) is 4.10. The highest BCUT2D eigenvalue weighted by atomic mass is 16.9. The van der Waals surface area contributed by atoms with Crippen LogP contribution in [0.25, 0.3) is 6.08 Å². The molecule has 5 atom stereocenters. The number of para-hydroxylation sites is 1. The molecule has 4 rings (SSSR count). The molecular weight excluding hydrogens is 312 g/mol. The quantitative estimate of drug-likeness (QED) is 0.846. The molecule has 0 aromatic heterocycles. The predicted octanol–water partition coefficient (Wildman–Crippen LogP) is 2.33. The number of fused-ring (bicyclic) bond motifs is 3. The van der Waals surface area contributed by atoms with Gasteiger partial charge in [-0.3, -0.25) is 0 Å². The van der Waals surface area contributed by atoms with E-state index in [1.54, 1.807) is 7.11 Å². The van der Waals surface area contributed by atoms with E-state index < -0.39 is 18.4 Å². The fraction of sp³-hybridized carbons (Fsp3) is 0.556. The SMILES string of the molecule is COc1ccccc1/C=C/[C@H]1OC[C@H]2O[C@@H]3OC(C)(C)O[C@@H]3[C@H]2O1. The minimum Gasteiger partial charge on any atom is -0.496 e. The molecule has 6 heteroatoms. The monoisotopic (exact) mass is 334 g/mol. The van der Waals surface area contributed by atoms with Crippen LogP contribution >= 0.6 is 0 Å². The first kappa shape index (κ1) is 16.1. The summed E-state index contributed by atoms with van der Waals surface area (Å²) in [5.41, 5.74) is 0.969. The molecule has 130 valence electrons. The van der Waals surface area contributed by atoms with Gasteiger partial charge in [0, 0.05) is 5.56 Å². The smallest absolute Gasteiger partial charge is 0.190 e. The standard InChI is InChI=1S/C18H22O6/c1-18(2)23-16-15-13(21-17(16)24-18)10-20-14(22-15)9-8-11-6-4-5-7-12(11)19-3/h4-9,13-17H,10H2,1-3H3/b9-8+/t13-,14+,15+,16-,17-/m1/s1. The van der Waals surface area contributed by atoms with Gasteiger partial charge >= 0.3 is 0 Å². The Bertz CT molecular complexity index is 628. The van der Waals surface area contributed by atoms with Crippen molar-refractivity contribution < 1.29 is 28.4 Å². The van der Waals surface area contributed by atoms with Crippen LogP contribution in [-0.4, -0.2) is 50.4 Å². The van der Waals surface area contributed by atoms with Crippen molar-refractivity contribution in [1.29, 1.82) is 0 Å². The van der Waals surface area contributed by atoms with Crippen molar-refractivity contribution in [3.8, 4) is 5.75 Å². The van der Waals surface area contributed by atoms with Crippen molar-refractivity contribution in [1.82, 2.24) is 0 Å². The van der Waals surface area contributed by atoms with Crippen LogP contribution in [-0.2, 0) is 23.7 Å². The lowest BCUT2D eigenvalue weighted by atomic mass is 10.1. The highest BCUT2D eigenvalue weighted by Crippen LogP contribution is 2.40. The van der Waals surface area contributed by atoms with Gasteiger partial charge in [0.25, 0.3) is 0 Å². The van der Waals surface area contributed by atoms with Crippen LogP contribution in [0.5, 0.6) is 5.75 Å². The Morgan fingerprint density at radius 2 is 1.96 bits per heavy atom. The zero-order valence-electron chi connectivity index (χ0n) is 14.0. The highest BCUT2D eigenvalue weighted by molar-refractivity contribution is 5.57. The second-order valence-corrected chi connectivity index (χ2v) is 6.55.